The molecule has 0 saturated heterocycles. The number of halogens is 5. The molecule has 1 atom stereocenters. The van der Waals surface area contributed by atoms with Crippen molar-refractivity contribution in [3.63, 3.8) is 0 Å². The molecule has 0 bridgehead atoms. The van der Waals surface area contributed by atoms with Gasteiger partial charge in [0, 0.05) is 10.7 Å². The Labute approximate surface area is 132 Å². The van der Waals surface area contributed by atoms with Crippen LogP contribution < -0.4 is 0 Å². The van der Waals surface area contributed by atoms with Gasteiger partial charge in [0.1, 0.15) is 11.2 Å². The van der Waals surface area contributed by atoms with Crippen LogP contribution in [0.25, 0.3) is 0 Å². The minimum atomic E-state index is -4.58. The highest BCUT2D eigenvalue weighted by Crippen LogP contribution is 2.46. The van der Waals surface area contributed by atoms with Crippen molar-refractivity contribution in [2.24, 2.45) is 4.99 Å². The molecular formula is C16H10BrF4N. The first kappa shape index (κ1) is 15.2. The Morgan fingerprint density at radius 3 is 2.55 bits per heavy atom. The second-order valence-electron chi connectivity index (χ2n) is 5.19. The van der Waals surface area contributed by atoms with Crippen LogP contribution in [0.1, 0.15) is 11.1 Å². The summed E-state index contributed by atoms with van der Waals surface area (Å²) >= 11 is 3.25. The zero-order chi connectivity index (χ0) is 16.0. The maximum atomic E-state index is 13.8. The lowest BCUT2D eigenvalue weighted by atomic mass is 9.74. The van der Waals surface area contributed by atoms with E-state index in [-0.39, 0.29) is 12.0 Å². The molecule has 0 N–H and O–H groups in total. The predicted molar refractivity (Wildman–Crippen MR) is 80.1 cm³/mol. The van der Waals surface area contributed by atoms with Gasteiger partial charge in [-0.15, -0.1) is 0 Å². The van der Waals surface area contributed by atoms with Crippen LogP contribution in [-0.2, 0) is 11.8 Å². The molecule has 1 aliphatic rings. The topological polar surface area (TPSA) is 12.4 Å². The van der Waals surface area contributed by atoms with Gasteiger partial charge in [0.15, 0.2) is 0 Å². The third-order valence-electron chi connectivity index (χ3n) is 3.78. The normalized spacial score (nSPS) is 20.8. The monoisotopic (exact) mass is 371 g/mol. The number of hydrogen-bond acceptors (Lipinski definition) is 1. The van der Waals surface area contributed by atoms with E-state index < -0.39 is 17.4 Å². The Morgan fingerprint density at radius 1 is 1.09 bits per heavy atom. The van der Waals surface area contributed by atoms with Crippen LogP contribution in [0, 0.1) is 5.82 Å². The van der Waals surface area contributed by atoms with E-state index in [1.165, 1.54) is 12.1 Å². The average molecular weight is 372 g/mol. The van der Waals surface area contributed by atoms with E-state index in [1.807, 2.05) is 0 Å². The molecule has 1 heterocycles. The van der Waals surface area contributed by atoms with E-state index in [9.17, 15) is 17.6 Å². The Balaban J connectivity index is 2.19. The number of alkyl halides is 3. The van der Waals surface area contributed by atoms with Gasteiger partial charge >= 0.3 is 6.18 Å². The second-order valence-corrected chi connectivity index (χ2v) is 6.10. The van der Waals surface area contributed by atoms with Gasteiger partial charge in [-0.1, -0.05) is 28.1 Å². The van der Waals surface area contributed by atoms with E-state index in [0.717, 1.165) is 18.3 Å². The van der Waals surface area contributed by atoms with Gasteiger partial charge in [-0.05, 0) is 47.9 Å². The molecule has 1 aliphatic heterocycles. The SMILES string of the molecule is Fc1cccc([C@@]2(C(F)(F)F)C=Nc3ccc(Br)cc3C2)c1. The van der Waals surface area contributed by atoms with Crippen molar-refractivity contribution in [2.45, 2.75) is 18.0 Å². The van der Waals surface area contributed by atoms with Crippen LogP contribution in [0.4, 0.5) is 23.2 Å². The third-order valence-corrected chi connectivity index (χ3v) is 4.27. The summed E-state index contributed by atoms with van der Waals surface area (Å²) < 4.78 is 55.4. The van der Waals surface area contributed by atoms with Crippen molar-refractivity contribution in [2.75, 3.05) is 0 Å². The summed E-state index contributed by atoms with van der Waals surface area (Å²) in [5.74, 6) is -0.699. The van der Waals surface area contributed by atoms with Crippen molar-refractivity contribution in [3.05, 3.63) is 63.9 Å². The van der Waals surface area contributed by atoms with Crippen molar-refractivity contribution in [1.29, 1.82) is 0 Å². The molecule has 0 amide bonds. The zero-order valence-corrected chi connectivity index (χ0v) is 12.7. The molecule has 6 heteroatoms. The zero-order valence-electron chi connectivity index (χ0n) is 11.2. The Morgan fingerprint density at radius 2 is 1.86 bits per heavy atom. The largest absolute Gasteiger partial charge is 0.403 e. The number of fused-ring (bicyclic) bond motifs is 1. The maximum absolute atomic E-state index is 13.8. The van der Waals surface area contributed by atoms with Crippen molar-refractivity contribution in [3.8, 4) is 0 Å². The summed E-state index contributed by atoms with van der Waals surface area (Å²) in [6, 6.07) is 9.60. The summed E-state index contributed by atoms with van der Waals surface area (Å²) in [6.07, 6.45) is -4.00. The highest BCUT2D eigenvalue weighted by molar-refractivity contribution is 9.10. The van der Waals surface area contributed by atoms with Crippen LogP contribution in [0.3, 0.4) is 0 Å². The fourth-order valence-electron chi connectivity index (χ4n) is 2.63. The molecule has 0 fully saturated rings. The lowest BCUT2D eigenvalue weighted by molar-refractivity contribution is -0.168. The molecule has 1 nitrogen and oxygen atoms in total. The number of benzene rings is 2. The Bertz CT molecular complexity index is 754. The van der Waals surface area contributed by atoms with Gasteiger partial charge in [-0.25, -0.2) is 4.39 Å². The average Bonchev–Trinajstić information content (AvgIpc) is 2.45. The fraction of sp³-hybridized carbons (Fsp3) is 0.188. The van der Waals surface area contributed by atoms with Crippen LogP contribution in [-0.4, -0.2) is 12.4 Å². The van der Waals surface area contributed by atoms with E-state index in [4.69, 9.17) is 0 Å². The number of hydrogen-bond donors (Lipinski definition) is 0. The smallest absolute Gasteiger partial charge is 0.260 e. The molecule has 2 aromatic rings. The first-order valence-electron chi connectivity index (χ1n) is 6.48. The first-order chi connectivity index (χ1) is 10.3. The molecule has 0 aromatic heterocycles. The van der Waals surface area contributed by atoms with E-state index in [2.05, 4.69) is 20.9 Å². The third kappa shape index (κ3) is 2.45. The van der Waals surface area contributed by atoms with Gasteiger partial charge in [0.05, 0.1) is 5.69 Å². The summed E-state index contributed by atoms with van der Waals surface area (Å²) in [5, 5.41) is 0. The number of rotatable bonds is 1. The summed E-state index contributed by atoms with van der Waals surface area (Å²) in [7, 11) is 0. The molecule has 2 aromatic carbocycles. The van der Waals surface area contributed by atoms with Gasteiger partial charge in [-0.2, -0.15) is 13.2 Å². The summed E-state index contributed by atoms with van der Waals surface area (Å²) in [5.41, 5.74) is -1.49. The highest BCUT2D eigenvalue weighted by Gasteiger charge is 2.56. The highest BCUT2D eigenvalue weighted by atomic mass is 79.9. The first-order valence-corrected chi connectivity index (χ1v) is 7.27. The molecule has 22 heavy (non-hydrogen) atoms. The van der Waals surface area contributed by atoms with Crippen LogP contribution in [0.2, 0.25) is 0 Å². The Kier molecular flexibility index (Phi) is 3.59. The molecule has 3 rings (SSSR count). The second kappa shape index (κ2) is 5.19. The summed E-state index contributed by atoms with van der Waals surface area (Å²) in [6.45, 7) is 0. The standard InChI is InChI=1S/C16H10BrF4N/c17-12-4-5-14-10(6-12)8-15(9-22-14,16(19,20)21)11-2-1-3-13(18)7-11/h1-7,9H,8H2/t15-/m0/s1. The molecule has 0 spiro atoms. The minimum Gasteiger partial charge on any atom is -0.260 e. The lowest BCUT2D eigenvalue weighted by Gasteiger charge is -2.35. The lowest BCUT2D eigenvalue weighted by Crippen LogP contribution is -2.47. The number of nitrogens with zero attached hydrogens (tertiary/aromatic N) is 1. The van der Waals surface area contributed by atoms with Crippen LogP contribution in [0.15, 0.2) is 51.9 Å². The minimum absolute atomic E-state index is 0.144. The van der Waals surface area contributed by atoms with E-state index >= 15 is 0 Å². The van der Waals surface area contributed by atoms with Crippen molar-refractivity contribution >= 4 is 27.8 Å². The molecular weight excluding hydrogens is 362 g/mol. The molecule has 114 valence electrons. The molecule has 0 saturated carbocycles. The van der Waals surface area contributed by atoms with Crippen molar-refractivity contribution < 1.29 is 17.6 Å². The van der Waals surface area contributed by atoms with Gasteiger partial charge < -0.3 is 0 Å². The van der Waals surface area contributed by atoms with Gasteiger partial charge in [-0.3, -0.25) is 4.99 Å². The van der Waals surface area contributed by atoms with Crippen LogP contribution in [0.5, 0.6) is 0 Å². The van der Waals surface area contributed by atoms with Crippen molar-refractivity contribution in [1.82, 2.24) is 0 Å². The molecule has 0 aliphatic carbocycles. The summed E-state index contributed by atoms with van der Waals surface area (Å²) in [4.78, 5) is 3.97. The quantitative estimate of drug-likeness (QED) is 0.599. The molecule has 0 radical (unpaired) electrons. The van der Waals surface area contributed by atoms with E-state index in [1.54, 1.807) is 18.2 Å². The predicted octanol–water partition coefficient (Wildman–Crippen LogP) is 5.35. The van der Waals surface area contributed by atoms with E-state index in [0.29, 0.717) is 15.7 Å². The fourth-order valence-corrected chi connectivity index (χ4v) is 3.04. The Hall–Kier alpha value is -1.69. The molecule has 0 unspecified atom stereocenters. The van der Waals surface area contributed by atoms with Gasteiger partial charge in [0.2, 0.25) is 0 Å². The van der Waals surface area contributed by atoms with Crippen LogP contribution >= 0.6 is 15.9 Å². The van der Waals surface area contributed by atoms with Gasteiger partial charge in [0.25, 0.3) is 0 Å². The number of aliphatic imine (C=N–C) groups is 1. The maximum Gasteiger partial charge on any atom is 0.403 e.